The maximum absolute atomic E-state index is 11.0. The SMILES string of the molecule is CCC(O)(Cc1ccccc1)c1cc2cc(C)ccc2o1. The Labute approximate surface area is 125 Å². The summed E-state index contributed by atoms with van der Waals surface area (Å²) in [6, 6.07) is 18.1. The number of furan rings is 1. The van der Waals surface area contributed by atoms with E-state index in [2.05, 4.69) is 13.0 Å². The van der Waals surface area contributed by atoms with E-state index in [-0.39, 0.29) is 0 Å². The van der Waals surface area contributed by atoms with E-state index in [1.165, 1.54) is 5.56 Å². The predicted molar refractivity (Wildman–Crippen MR) is 85.3 cm³/mol. The van der Waals surface area contributed by atoms with Gasteiger partial charge in [0.2, 0.25) is 0 Å². The van der Waals surface area contributed by atoms with Gasteiger partial charge in [-0.1, -0.05) is 48.9 Å². The van der Waals surface area contributed by atoms with Crippen LogP contribution >= 0.6 is 0 Å². The average Bonchev–Trinajstić information content (AvgIpc) is 2.92. The van der Waals surface area contributed by atoms with E-state index in [9.17, 15) is 5.11 Å². The Morgan fingerprint density at radius 3 is 2.52 bits per heavy atom. The van der Waals surface area contributed by atoms with Crippen molar-refractivity contribution in [3.05, 3.63) is 71.5 Å². The van der Waals surface area contributed by atoms with Gasteiger partial charge in [0, 0.05) is 11.8 Å². The zero-order chi connectivity index (χ0) is 14.9. The number of hydrogen-bond donors (Lipinski definition) is 1. The van der Waals surface area contributed by atoms with Gasteiger partial charge in [0.25, 0.3) is 0 Å². The van der Waals surface area contributed by atoms with Gasteiger partial charge in [-0.05, 0) is 37.1 Å². The highest BCUT2D eigenvalue weighted by atomic mass is 16.4. The highest BCUT2D eigenvalue weighted by Crippen LogP contribution is 2.33. The van der Waals surface area contributed by atoms with Gasteiger partial charge in [-0.2, -0.15) is 0 Å². The Bertz CT molecular complexity index is 743. The fourth-order valence-electron chi connectivity index (χ4n) is 2.71. The van der Waals surface area contributed by atoms with Gasteiger partial charge in [-0.15, -0.1) is 0 Å². The largest absolute Gasteiger partial charge is 0.458 e. The molecule has 0 fully saturated rings. The van der Waals surface area contributed by atoms with Crippen molar-refractivity contribution in [2.45, 2.75) is 32.3 Å². The Morgan fingerprint density at radius 2 is 1.81 bits per heavy atom. The van der Waals surface area contributed by atoms with Crippen LogP contribution in [0.1, 0.15) is 30.2 Å². The number of benzene rings is 2. The Morgan fingerprint density at radius 1 is 1.05 bits per heavy atom. The number of aliphatic hydroxyl groups is 1. The van der Waals surface area contributed by atoms with Gasteiger partial charge in [0.1, 0.15) is 16.9 Å². The lowest BCUT2D eigenvalue weighted by molar-refractivity contribution is 0.0124. The van der Waals surface area contributed by atoms with Gasteiger partial charge >= 0.3 is 0 Å². The molecule has 1 atom stereocenters. The molecule has 2 heteroatoms. The molecule has 2 aromatic carbocycles. The van der Waals surface area contributed by atoms with Crippen LogP contribution in [0.2, 0.25) is 0 Å². The molecule has 1 N–H and O–H groups in total. The van der Waals surface area contributed by atoms with Crippen LogP contribution in [0.4, 0.5) is 0 Å². The summed E-state index contributed by atoms with van der Waals surface area (Å²) in [7, 11) is 0. The Balaban J connectivity index is 2.00. The van der Waals surface area contributed by atoms with Crippen LogP contribution in [0.5, 0.6) is 0 Å². The van der Waals surface area contributed by atoms with Crippen LogP contribution in [-0.4, -0.2) is 5.11 Å². The van der Waals surface area contributed by atoms with Crippen molar-refractivity contribution in [3.63, 3.8) is 0 Å². The summed E-state index contributed by atoms with van der Waals surface area (Å²) in [6.07, 6.45) is 1.17. The first-order valence-corrected chi connectivity index (χ1v) is 7.38. The third kappa shape index (κ3) is 2.72. The van der Waals surface area contributed by atoms with E-state index < -0.39 is 5.60 Å². The van der Waals surface area contributed by atoms with Crippen LogP contribution in [0.15, 0.2) is 59.0 Å². The molecule has 0 aliphatic heterocycles. The van der Waals surface area contributed by atoms with Crippen LogP contribution in [0.3, 0.4) is 0 Å². The topological polar surface area (TPSA) is 33.4 Å². The lowest BCUT2D eigenvalue weighted by Gasteiger charge is -2.24. The molecule has 0 aliphatic carbocycles. The van der Waals surface area contributed by atoms with E-state index in [4.69, 9.17) is 4.42 Å². The predicted octanol–water partition coefficient (Wildman–Crippen LogP) is 4.58. The van der Waals surface area contributed by atoms with Crippen LogP contribution in [0.25, 0.3) is 11.0 Å². The molecule has 0 radical (unpaired) electrons. The first kappa shape index (κ1) is 13.9. The summed E-state index contributed by atoms with van der Waals surface area (Å²) in [5.41, 5.74) is 2.17. The normalized spacial score (nSPS) is 14.2. The van der Waals surface area contributed by atoms with Gasteiger partial charge in [0.05, 0.1) is 0 Å². The van der Waals surface area contributed by atoms with Crippen molar-refractivity contribution < 1.29 is 9.52 Å². The van der Waals surface area contributed by atoms with E-state index >= 15 is 0 Å². The zero-order valence-electron chi connectivity index (χ0n) is 12.5. The molecule has 1 unspecified atom stereocenters. The summed E-state index contributed by atoms with van der Waals surface area (Å²) in [6.45, 7) is 4.05. The number of rotatable bonds is 4. The molecule has 108 valence electrons. The number of aryl methyl sites for hydroxylation is 1. The van der Waals surface area contributed by atoms with Crippen molar-refractivity contribution in [3.8, 4) is 0 Å². The maximum atomic E-state index is 11.0. The van der Waals surface area contributed by atoms with Gasteiger partial charge in [-0.25, -0.2) is 0 Å². The second-order valence-electron chi connectivity index (χ2n) is 5.70. The molecular weight excluding hydrogens is 260 g/mol. The minimum Gasteiger partial charge on any atom is -0.458 e. The monoisotopic (exact) mass is 280 g/mol. The molecule has 0 spiro atoms. The third-order valence-corrected chi connectivity index (χ3v) is 4.05. The Hall–Kier alpha value is -2.06. The van der Waals surface area contributed by atoms with Crippen molar-refractivity contribution >= 4 is 11.0 Å². The van der Waals surface area contributed by atoms with Crippen LogP contribution in [0, 0.1) is 6.92 Å². The van der Waals surface area contributed by atoms with E-state index in [0.29, 0.717) is 18.6 Å². The first-order chi connectivity index (χ1) is 10.1. The molecule has 0 aliphatic rings. The second kappa shape index (κ2) is 5.38. The van der Waals surface area contributed by atoms with Crippen molar-refractivity contribution in [2.24, 2.45) is 0 Å². The molecule has 0 saturated heterocycles. The number of hydrogen-bond acceptors (Lipinski definition) is 2. The minimum atomic E-state index is -0.964. The minimum absolute atomic E-state index is 0.559. The van der Waals surface area contributed by atoms with E-state index in [1.807, 2.05) is 55.5 Å². The van der Waals surface area contributed by atoms with Crippen molar-refractivity contribution in [1.82, 2.24) is 0 Å². The molecule has 1 heterocycles. The third-order valence-electron chi connectivity index (χ3n) is 4.05. The van der Waals surface area contributed by atoms with Gasteiger partial charge in [0.15, 0.2) is 0 Å². The molecule has 2 nitrogen and oxygen atoms in total. The summed E-state index contributed by atoms with van der Waals surface area (Å²) < 4.78 is 5.90. The van der Waals surface area contributed by atoms with Crippen molar-refractivity contribution in [1.29, 1.82) is 0 Å². The van der Waals surface area contributed by atoms with Crippen molar-refractivity contribution in [2.75, 3.05) is 0 Å². The molecular formula is C19H20O2. The first-order valence-electron chi connectivity index (χ1n) is 7.38. The molecule has 3 aromatic rings. The van der Waals surface area contributed by atoms with Gasteiger partial charge < -0.3 is 9.52 Å². The fourth-order valence-corrected chi connectivity index (χ4v) is 2.71. The molecule has 0 amide bonds. The smallest absolute Gasteiger partial charge is 0.137 e. The second-order valence-corrected chi connectivity index (χ2v) is 5.70. The van der Waals surface area contributed by atoms with E-state index in [0.717, 1.165) is 16.5 Å². The molecule has 0 bridgehead atoms. The fraction of sp³-hybridized carbons (Fsp3) is 0.263. The highest BCUT2D eigenvalue weighted by molar-refractivity contribution is 5.78. The quantitative estimate of drug-likeness (QED) is 0.758. The standard InChI is InChI=1S/C19H20O2/c1-3-19(20,13-15-7-5-4-6-8-15)18-12-16-11-14(2)9-10-17(16)21-18/h4-12,20H,3,13H2,1-2H3. The summed E-state index contributed by atoms with van der Waals surface area (Å²) in [5.74, 6) is 0.648. The van der Waals surface area contributed by atoms with E-state index in [1.54, 1.807) is 0 Å². The zero-order valence-corrected chi connectivity index (χ0v) is 12.5. The van der Waals surface area contributed by atoms with Crippen LogP contribution in [-0.2, 0) is 12.0 Å². The number of fused-ring (bicyclic) bond motifs is 1. The average molecular weight is 280 g/mol. The molecule has 3 rings (SSSR count). The lowest BCUT2D eigenvalue weighted by Crippen LogP contribution is -2.27. The maximum Gasteiger partial charge on any atom is 0.137 e. The summed E-state index contributed by atoms with van der Waals surface area (Å²) >= 11 is 0. The Kier molecular flexibility index (Phi) is 3.56. The summed E-state index contributed by atoms with van der Waals surface area (Å²) in [4.78, 5) is 0. The highest BCUT2D eigenvalue weighted by Gasteiger charge is 2.31. The molecule has 21 heavy (non-hydrogen) atoms. The summed E-state index contributed by atoms with van der Waals surface area (Å²) in [5, 5.41) is 12.1. The van der Waals surface area contributed by atoms with Gasteiger partial charge in [-0.3, -0.25) is 0 Å². The van der Waals surface area contributed by atoms with Crippen LogP contribution < -0.4 is 0 Å². The molecule has 0 saturated carbocycles. The molecule has 1 aromatic heterocycles. The lowest BCUT2D eigenvalue weighted by atomic mass is 9.89.